The maximum Gasteiger partial charge on any atom is 0.173 e. The summed E-state index contributed by atoms with van der Waals surface area (Å²) in [5, 5.41) is 3.36. The topological polar surface area (TPSA) is 117 Å². The van der Waals surface area contributed by atoms with Gasteiger partial charge in [0, 0.05) is 30.3 Å². The lowest BCUT2D eigenvalue weighted by atomic mass is 10.0. The highest BCUT2D eigenvalue weighted by Crippen LogP contribution is 2.43. The van der Waals surface area contributed by atoms with Crippen LogP contribution in [0.5, 0.6) is 0 Å². The van der Waals surface area contributed by atoms with E-state index in [0.717, 1.165) is 17.9 Å². The van der Waals surface area contributed by atoms with E-state index in [9.17, 15) is 4.57 Å². The van der Waals surface area contributed by atoms with Gasteiger partial charge in [0.2, 0.25) is 0 Å². The molecule has 0 fully saturated rings. The fourth-order valence-corrected chi connectivity index (χ4v) is 8.07. The molecule has 2 aromatic rings. The SMILES string of the molecule is CCCCCCCCCCCCCCCCOCCCP(=O)(CO[C@H](C)Cn1cnc2c(N)ncnc21)N[C@@H](C)C(=S)C(C)C. The average Bonchev–Trinajstić information content (AvgIpc) is 3.42. The summed E-state index contributed by atoms with van der Waals surface area (Å²) < 4.78 is 28.0. The van der Waals surface area contributed by atoms with Crippen LogP contribution in [0, 0.1) is 5.92 Å². The van der Waals surface area contributed by atoms with Crippen molar-refractivity contribution in [3.05, 3.63) is 12.7 Å². The summed E-state index contributed by atoms with van der Waals surface area (Å²) in [6, 6.07) is -0.140. The van der Waals surface area contributed by atoms with E-state index < -0.39 is 7.29 Å². The highest BCUT2D eigenvalue weighted by atomic mass is 32.1. The van der Waals surface area contributed by atoms with E-state index in [-0.39, 0.29) is 24.4 Å². The molecule has 258 valence electrons. The largest absolute Gasteiger partial charge is 0.382 e. The van der Waals surface area contributed by atoms with E-state index in [2.05, 4.69) is 40.8 Å². The number of nitrogens with two attached hydrogens (primary N) is 1. The van der Waals surface area contributed by atoms with Gasteiger partial charge in [-0.2, -0.15) is 0 Å². The molecular weight excluding hydrogens is 603 g/mol. The normalized spacial score (nSPS) is 14.6. The number of nitrogens with one attached hydrogen (secondary N) is 1. The van der Waals surface area contributed by atoms with Crippen LogP contribution in [0.1, 0.15) is 131 Å². The van der Waals surface area contributed by atoms with Gasteiger partial charge in [-0.1, -0.05) is 116 Å². The molecule has 45 heavy (non-hydrogen) atoms. The number of imidazole rings is 1. The van der Waals surface area contributed by atoms with Gasteiger partial charge in [0.25, 0.3) is 0 Å². The van der Waals surface area contributed by atoms with Crippen LogP contribution >= 0.6 is 19.5 Å². The monoisotopic (exact) mass is 666 g/mol. The number of nitrogens with zero attached hydrogens (tertiary/aromatic N) is 4. The van der Waals surface area contributed by atoms with Crippen molar-refractivity contribution in [2.45, 2.75) is 150 Å². The quantitative estimate of drug-likeness (QED) is 0.0521. The molecule has 3 N–H and O–H groups in total. The molecule has 11 heteroatoms. The standard InChI is InChI=1S/C34H63N6O3PS/c1-6-7-8-9-10-11-12-13-14-15-16-17-18-19-21-42-22-20-23-44(41,39-30(5)32(45)28(2)3)27-43-29(4)24-40-26-38-31-33(35)36-25-37-34(31)40/h25-26,28-30H,6-24,27H2,1-5H3,(H,39,41)(H2,35,36,37)/t29-,30+,44?/m1/s1. The Morgan fingerprint density at radius 2 is 1.47 bits per heavy atom. The van der Waals surface area contributed by atoms with Crippen molar-refractivity contribution in [2.24, 2.45) is 5.92 Å². The minimum atomic E-state index is -2.87. The second-order valence-corrected chi connectivity index (χ2v) is 16.2. The Morgan fingerprint density at radius 3 is 2.07 bits per heavy atom. The Hall–Kier alpha value is -1.45. The Morgan fingerprint density at radius 1 is 0.889 bits per heavy atom. The first kappa shape index (κ1) is 39.7. The number of hydrogen-bond acceptors (Lipinski definition) is 8. The third-order valence-corrected chi connectivity index (χ3v) is 11.6. The van der Waals surface area contributed by atoms with Crippen molar-refractivity contribution in [2.75, 3.05) is 31.5 Å². The molecule has 0 saturated heterocycles. The minimum Gasteiger partial charge on any atom is -0.382 e. The molecule has 2 rings (SSSR count). The van der Waals surface area contributed by atoms with Crippen molar-refractivity contribution in [1.29, 1.82) is 0 Å². The summed E-state index contributed by atoms with van der Waals surface area (Å²) >= 11 is 5.62. The van der Waals surface area contributed by atoms with E-state index >= 15 is 0 Å². The van der Waals surface area contributed by atoms with Crippen LogP contribution in [0.25, 0.3) is 11.2 Å². The molecule has 9 nitrogen and oxygen atoms in total. The summed E-state index contributed by atoms with van der Waals surface area (Å²) in [5.41, 5.74) is 7.15. The van der Waals surface area contributed by atoms with Gasteiger partial charge in [0.05, 0.1) is 19.0 Å². The van der Waals surface area contributed by atoms with Crippen LogP contribution in [-0.2, 0) is 20.6 Å². The lowest BCUT2D eigenvalue weighted by Crippen LogP contribution is -2.35. The van der Waals surface area contributed by atoms with E-state index in [1.54, 1.807) is 6.33 Å². The summed E-state index contributed by atoms with van der Waals surface area (Å²) in [4.78, 5) is 13.5. The van der Waals surface area contributed by atoms with Gasteiger partial charge in [-0.05, 0) is 32.6 Å². The number of ether oxygens (including phenoxy) is 2. The second-order valence-electron chi connectivity index (χ2n) is 13.0. The van der Waals surface area contributed by atoms with Crippen molar-refractivity contribution in [1.82, 2.24) is 24.6 Å². The van der Waals surface area contributed by atoms with E-state index in [4.69, 9.17) is 27.4 Å². The molecule has 3 atom stereocenters. The third kappa shape index (κ3) is 16.3. The van der Waals surface area contributed by atoms with Gasteiger partial charge in [-0.3, -0.25) is 5.09 Å². The number of fused-ring (bicyclic) bond motifs is 1. The first-order chi connectivity index (χ1) is 21.7. The van der Waals surface area contributed by atoms with Crippen molar-refractivity contribution < 1.29 is 14.0 Å². The van der Waals surface area contributed by atoms with E-state index in [1.807, 2.05) is 18.4 Å². The number of aromatic nitrogens is 4. The highest BCUT2D eigenvalue weighted by molar-refractivity contribution is 7.80. The van der Waals surface area contributed by atoms with E-state index in [0.29, 0.717) is 42.7 Å². The average molecular weight is 667 g/mol. The van der Waals surface area contributed by atoms with Gasteiger partial charge < -0.3 is 24.3 Å². The number of thiocarbonyl (C=S) groups is 1. The predicted octanol–water partition coefficient (Wildman–Crippen LogP) is 8.94. The van der Waals surface area contributed by atoms with E-state index in [1.165, 1.54) is 89.8 Å². The van der Waals surface area contributed by atoms with Crippen LogP contribution in [0.15, 0.2) is 12.7 Å². The molecule has 0 bridgehead atoms. The lowest BCUT2D eigenvalue weighted by Gasteiger charge is -2.27. The summed E-state index contributed by atoms with van der Waals surface area (Å²) in [6.07, 6.45) is 23.1. The Kier molecular flexibility index (Phi) is 20.3. The number of anilines is 1. The number of hydrogen-bond donors (Lipinski definition) is 2. The molecule has 0 aliphatic heterocycles. The molecule has 0 spiro atoms. The van der Waals surface area contributed by atoms with Crippen LogP contribution < -0.4 is 10.8 Å². The summed E-state index contributed by atoms with van der Waals surface area (Å²) in [6.45, 7) is 12.3. The zero-order valence-electron chi connectivity index (χ0n) is 29.0. The van der Waals surface area contributed by atoms with Crippen LogP contribution in [0.2, 0.25) is 0 Å². The summed E-state index contributed by atoms with van der Waals surface area (Å²) in [7, 11) is -2.87. The third-order valence-electron chi connectivity index (χ3n) is 8.33. The lowest BCUT2D eigenvalue weighted by molar-refractivity contribution is 0.0855. The first-order valence-corrected chi connectivity index (χ1v) is 20.2. The van der Waals surface area contributed by atoms with Gasteiger partial charge >= 0.3 is 0 Å². The van der Waals surface area contributed by atoms with Gasteiger partial charge in [-0.25, -0.2) is 15.0 Å². The smallest absolute Gasteiger partial charge is 0.173 e. The fourth-order valence-electron chi connectivity index (χ4n) is 5.62. The Labute approximate surface area is 279 Å². The number of unbranched alkanes of at least 4 members (excludes halogenated alkanes) is 13. The molecule has 0 amide bonds. The number of nitrogen functional groups attached to an aromatic ring is 1. The zero-order valence-corrected chi connectivity index (χ0v) is 30.7. The maximum atomic E-state index is 14.1. The molecule has 0 aromatic carbocycles. The molecule has 2 aromatic heterocycles. The maximum absolute atomic E-state index is 14.1. The number of rotatable bonds is 28. The first-order valence-electron chi connectivity index (χ1n) is 17.7. The molecule has 2 heterocycles. The highest BCUT2D eigenvalue weighted by Gasteiger charge is 2.27. The van der Waals surface area contributed by atoms with Crippen molar-refractivity contribution >= 4 is 41.4 Å². The molecule has 0 radical (unpaired) electrons. The zero-order chi connectivity index (χ0) is 32.9. The second kappa shape index (κ2) is 23.0. The summed E-state index contributed by atoms with van der Waals surface area (Å²) in [5.74, 6) is 0.580. The van der Waals surface area contributed by atoms with Gasteiger partial charge in [0.15, 0.2) is 18.8 Å². The fraction of sp³-hybridized carbons (Fsp3) is 0.824. The van der Waals surface area contributed by atoms with Crippen molar-refractivity contribution in [3.63, 3.8) is 0 Å². The molecular formula is C34H63N6O3PS. The Bertz CT molecular complexity index is 1130. The molecule has 0 aliphatic carbocycles. The minimum absolute atomic E-state index is 0.127. The van der Waals surface area contributed by atoms with Crippen LogP contribution in [-0.4, -0.2) is 62.3 Å². The van der Waals surface area contributed by atoms with Crippen LogP contribution in [0.3, 0.4) is 0 Å². The molecule has 0 saturated carbocycles. The molecule has 1 unspecified atom stereocenters. The van der Waals surface area contributed by atoms with Gasteiger partial charge in [0.1, 0.15) is 18.2 Å². The van der Waals surface area contributed by atoms with Crippen molar-refractivity contribution in [3.8, 4) is 0 Å². The Balaban J connectivity index is 1.65. The van der Waals surface area contributed by atoms with Crippen LogP contribution in [0.4, 0.5) is 5.82 Å². The predicted molar refractivity (Wildman–Crippen MR) is 193 cm³/mol. The molecule has 0 aliphatic rings. The van der Waals surface area contributed by atoms with Gasteiger partial charge in [-0.15, -0.1) is 0 Å².